The Morgan fingerprint density at radius 2 is 1.85 bits per heavy atom. The maximum absolute atomic E-state index is 12.2. The standard InChI is InChI=1S/C14H9N5O/c20-14-18-12-13(17-8-7-16-12)19(14)11-5-1-4-10-9(11)3-2-6-15-10/h1-8H,(H,16,18,20). The highest BCUT2D eigenvalue weighted by Gasteiger charge is 2.12. The number of benzene rings is 1. The Kier molecular flexibility index (Phi) is 2.17. The molecule has 0 aliphatic carbocycles. The molecule has 20 heavy (non-hydrogen) atoms. The normalized spacial score (nSPS) is 11.2. The van der Waals surface area contributed by atoms with Gasteiger partial charge in [0.05, 0.1) is 11.2 Å². The van der Waals surface area contributed by atoms with Crippen LogP contribution in [0.5, 0.6) is 0 Å². The van der Waals surface area contributed by atoms with Gasteiger partial charge in [0, 0.05) is 24.0 Å². The number of imidazole rings is 1. The summed E-state index contributed by atoms with van der Waals surface area (Å²) in [5.74, 6) is 0. The Balaban J connectivity index is 2.17. The SMILES string of the molecule is O=c1[nH]c2nccnc2n1-c1cccc2ncccc12. The first-order valence-electron chi connectivity index (χ1n) is 6.10. The molecule has 6 heteroatoms. The number of nitrogens with one attached hydrogen (secondary N) is 1. The number of fused-ring (bicyclic) bond motifs is 2. The van der Waals surface area contributed by atoms with Crippen LogP contribution in [0.3, 0.4) is 0 Å². The lowest BCUT2D eigenvalue weighted by Crippen LogP contribution is -2.15. The van der Waals surface area contributed by atoms with E-state index in [0.717, 1.165) is 16.6 Å². The summed E-state index contributed by atoms with van der Waals surface area (Å²) in [5.41, 5.74) is 2.29. The van der Waals surface area contributed by atoms with Crippen LogP contribution < -0.4 is 5.69 Å². The van der Waals surface area contributed by atoms with E-state index in [1.165, 1.54) is 4.57 Å². The van der Waals surface area contributed by atoms with E-state index in [4.69, 9.17) is 0 Å². The summed E-state index contributed by atoms with van der Waals surface area (Å²) >= 11 is 0. The molecule has 3 aromatic heterocycles. The van der Waals surface area contributed by atoms with Gasteiger partial charge in [0.2, 0.25) is 0 Å². The fourth-order valence-electron chi connectivity index (χ4n) is 2.34. The van der Waals surface area contributed by atoms with Crippen LogP contribution in [0.1, 0.15) is 0 Å². The molecule has 0 aliphatic heterocycles. The van der Waals surface area contributed by atoms with Crippen molar-refractivity contribution in [1.29, 1.82) is 0 Å². The predicted molar refractivity (Wildman–Crippen MR) is 74.8 cm³/mol. The third kappa shape index (κ3) is 1.45. The summed E-state index contributed by atoms with van der Waals surface area (Å²) in [5, 5.41) is 0.892. The molecule has 6 nitrogen and oxygen atoms in total. The van der Waals surface area contributed by atoms with Gasteiger partial charge >= 0.3 is 5.69 Å². The zero-order valence-electron chi connectivity index (χ0n) is 10.3. The molecule has 0 amide bonds. The molecule has 0 saturated carbocycles. The van der Waals surface area contributed by atoms with E-state index in [1.54, 1.807) is 18.6 Å². The molecule has 0 radical (unpaired) electrons. The average Bonchev–Trinajstić information content (AvgIpc) is 2.82. The lowest BCUT2D eigenvalue weighted by Gasteiger charge is -2.06. The third-order valence-corrected chi connectivity index (χ3v) is 3.18. The lowest BCUT2D eigenvalue weighted by molar-refractivity contribution is 1.01. The van der Waals surface area contributed by atoms with E-state index in [9.17, 15) is 4.79 Å². The van der Waals surface area contributed by atoms with Crippen LogP contribution in [0.15, 0.2) is 53.7 Å². The van der Waals surface area contributed by atoms with Crippen molar-refractivity contribution >= 4 is 22.2 Å². The first-order chi connectivity index (χ1) is 9.84. The topological polar surface area (TPSA) is 76.5 Å². The van der Waals surface area contributed by atoms with E-state index >= 15 is 0 Å². The van der Waals surface area contributed by atoms with Gasteiger partial charge in [-0.05, 0) is 24.3 Å². The zero-order valence-corrected chi connectivity index (χ0v) is 10.3. The smallest absolute Gasteiger partial charge is 0.288 e. The Hall–Kier alpha value is -3.02. The number of hydrogen-bond acceptors (Lipinski definition) is 4. The van der Waals surface area contributed by atoms with E-state index in [1.807, 2.05) is 30.3 Å². The van der Waals surface area contributed by atoms with E-state index in [0.29, 0.717) is 11.3 Å². The van der Waals surface area contributed by atoms with Crippen LogP contribution in [-0.4, -0.2) is 24.5 Å². The molecule has 3 heterocycles. The van der Waals surface area contributed by atoms with Crippen molar-refractivity contribution in [2.24, 2.45) is 0 Å². The summed E-state index contributed by atoms with van der Waals surface area (Å²) in [6.07, 6.45) is 4.84. The summed E-state index contributed by atoms with van der Waals surface area (Å²) < 4.78 is 1.52. The molecule has 4 rings (SSSR count). The van der Waals surface area contributed by atoms with Gasteiger partial charge < -0.3 is 0 Å². The molecule has 0 spiro atoms. The van der Waals surface area contributed by atoms with E-state index in [2.05, 4.69) is 19.9 Å². The number of pyridine rings is 1. The maximum Gasteiger partial charge on any atom is 0.333 e. The average molecular weight is 263 g/mol. The molecule has 0 saturated heterocycles. The number of aromatic nitrogens is 5. The van der Waals surface area contributed by atoms with Crippen molar-refractivity contribution in [2.75, 3.05) is 0 Å². The molecule has 4 aromatic rings. The molecular weight excluding hydrogens is 254 g/mol. The fraction of sp³-hybridized carbons (Fsp3) is 0. The van der Waals surface area contributed by atoms with Crippen LogP contribution >= 0.6 is 0 Å². The van der Waals surface area contributed by atoms with Crippen LogP contribution in [0.2, 0.25) is 0 Å². The van der Waals surface area contributed by atoms with Crippen molar-refractivity contribution in [1.82, 2.24) is 24.5 Å². The van der Waals surface area contributed by atoms with Gasteiger partial charge in [0.25, 0.3) is 0 Å². The zero-order chi connectivity index (χ0) is 13.5. The summed E-state index contributed by atoms with van der Waals surface area (Å²) in [7, 11) is 0. The van der Waals surface area contributed by atoms with Crippen molar-refractivity contribution in [2.45, 2.75) is 0 Å². The van der Waals surface area contributed by atoms with Gasteiger partial charge in [-0.3, -0.25) is 9.97 Å². The molecular formula is C14H9N5O. The second-order valence-corrected chi connectivity index (χ2v) is 4.34. The second-order valence-electron chi connectivity index (χ2n) is 4.34. The quantitative estimate of drug-likeness (QED) is 0.566. The van der Waals surface area contributed by atoms with Crippen LogP contribution in [0, 0.1) is 0 Å². The van der Waals surface area contributed by atoms with Gasteiger partial charge in [-0.1, -0.05) is 6.07 Å². The Morgan fingerprint density at radius 1 is 0.950 bits per heavy atom. The molecule has 0 bridgehead atoms. The third-order valence-electron chi connectivity index (χ3n) is 3.18. The Bertz CT molecular complexity index is 980. The molecule has 0 fully saturated rings. The summed E-state index contributed by atoms with van der Waals surface area (Å²) in [6, 6.07) is 9.42. The van der Waals surface area contributed by atoms with Gasteiger partial charge in [-0.25, -0.2) is 19.3 Å². The first kappa shape index (κ1) is 10.9. The fourth-order valence-corrected chi connectivity index (χ4v) is 2.34. The van der Waals surface area contributed by atoms with Crippen molar-refractivity contribution in [3.05, 3.63) is 59.4 Å². The predicted octanol–water partition coefficient (Wildman–Crippen LogP) is 1.66. The highest BCUT2D eigenvalue weighted by molar-refractivity contribution is 5.88. The largest absolute Gasteiger partial charge is 0.333 e. The van der Waals surface area contributed by atoms with E-state index < -0.39 is 0 Å². The van der Waals surface area contributed by atoms with Crippen LogP contribution in [0.4, 0.5) is 0 Å². The first-order valence-corrected chi connectivity index (χ1v) is 6.10. The molecule has 1 aromatic carbocycles. The molecule has 1 N–H and O–H groups in total. The van der Waals surface area contributed by atoms with Gasteiger partial charge in [-0.15, -0.1) is 0 Å². The van der Waals surface area contributed by atoms with Crippen molar-refractivity contribution < 1.29 is 0 Å². The lowest BCUT2D eigenvalue weighted by atomic mass is 10.2. The Labute approximate surface area is 112 Å². The number of aromatic amines is 1. The van der Waals surface area contributed by atoms with Gasteiger partial charge in [-0.2, -0.15) is 0 Å². The summed E-state index contributed by atoms with van der Waals surface area (Å²) in [4.78, 5) is 27.5. The number of H-pyrrole nitrogens is 1. The van der Waals surface area contributed by atoms with Crippen LogP contribution in [0.25, 0.3) is 27.9 Å². The van der Waals surface area contributed by atoms with Gasteiger partial charge in [0.15, 0.2) is 11.3 Å². The van der Waals surface area contributed by atoms with Gasteiger partial charge in [0.1, 0.15) is 0 Å². The van der Waals surface area contributed by atoms with Crippen molar-refractivity contribution in [3.8, 4) is 5.69 Å². The van der Waals surface area contributed by atoms with E-state index in [-0.39, 0.29) is 5.69 Å². The number of nitrogens with zero attached hydrogens (tertiary/aromatic N) is 4. The minimum absolute atomic E-state index is 0.262. The molecule has 96 valence electrons. The minimum atomic E-state index is -0.262. The Morgan fingerprint density at radius 3 is 2.80 bits per heavy atom. The van der Waals surface area contributed by atoms with Crippen LogP contribution in [-0.2, 0) is 0 Å². The highest BCUT2D eigenvalue weighted by atomic mass is 16.1. The minimum Gasteiger partial charge on any atom is -0.288 e. The molecule has 0 unspecified atom stereocenters. The molecule has 0 atom stereocenters. The van der Waals surface area contributed by atoms with Crippen molar-refractivity contribution in [3.63, 3.8) is 0 Å². The highest BCUT2D eigenvalue weighted by Crippen LogP contribution is 2.21. The monoisotopic (exact) mass is 263 g/mol. The number of hydrogen-bond donors (Lipinski definition) is 1. The summed E-state index contributed by atoms with van der Waals surface area (Å²) in [6.45, 7) is 0. The second kappa shape index (κ2) is 3.99. The maximum atomic E-state index is 12.2. The number of rotatable bonds is 1. The molecule has 0 aliphatic rings.